The first kappa shape index (κ1) is 23.5. The molecule has 8 heteroatoms. The average molecular weight is 495 g/mol. The van der Waals surface area contributed by atoms with E-state index in [4.69, 9.17) is 27.9 Å². The number of carbonyl (C=O) groups excluding carboxylic acids is 3. The second-order valence-corrected chi connectivity index (χ2v) is 8.67. The number of nitrogens with one attached hydrogen (secondary N) is 1. The SMILES string of the molecule is Cc1cc(Cl)ccc1N1C(=O)C(Cl)=C(Nc2ccc(C(=O)Oc3cccc(C)c3C)cc2)C1=O. The Bertz CT molecular complexity index is 1360. The lowest BCUT2D eigenvalue weighted by molar-refractivity contribution is -0.120. The van der Waals surface area contributed by atoms with Gasteiger partial charge in [-0.2, -0.15) is 0 Å². The zero-order chi connectivity index (χ0) is 24.6. The van der Waals surface area contributed by atoms with E-state index in [1.165, 1.54) is 0 Å². The van der Waals surface area contributed by atoms with Crippen molar-refractivity contribution in [2.75, 3.05) is 10.2 Å². The molecule has 0 bridgehead atoms. The summed E-state index contributed by atoms with van der Waals surface area (Å²) in [5.74, 6) is -1.22. The van der Waals surface area contributed by atoms with Crippen molar-refractivity contribution < 1.29 is 19.1 Å². The summed E-state index contributed by atoms with van der Waals surface area (Å²) in [5, 5.41) is 3.16. The summed E-state index contributed by atoms with van der Waals surface area (Å²) in [4.78, 5) is 39.3. The van der Waals surface area contributed by atoms with E-state index in [9.17, 15) is 14.4 Å². The van der Waals surface area contributed by atoms with Crippen molar-refractivity contribution in [2.45, 2.75) is 20.8 Å². The third-order valence-electron chi connectivity index (χ3n) is 5.57. The number of aryl methyl sites for hydroxylation is 2. The van der Waals surface area contributed by atoms with Gasteiger partial charge in [0.1, 0.15) is 16.5 Å². The Morgan fingerprint density at radius 2 is 1.59 bits per heavy atom. The molecule has 0 unspecified atom stereocenters. The number of esters is 1. The molecule has 2 amide bonds. The average Bonchev–Trinajstić information content (AvgIpc) is 3.01. The highest BCUT2D eigenvalue weighted by Crippen LogP contribution is 2.33. The number of anilines is 2. The first-order chi connectivity index (χ1) is 16.2. The van der Waals surface area contributed by atoms with Crippen molar-refractivity contribution >= 4 is 52.4 Å². The highest BCUT2D eigenvalue weighted by molar-refractivity contribution is 6.53. The molecule has 4 rings (SSSR count). The molecule has 0 spiro atoms. The van der Waals surface area contributed by atoms with Gasteiger partial charge in [-0.15, -0.1) is 0 Å². The molecule has 1 heterocycles. The fourth-order valence-corrected chi connectivity index (χ4v) is 3.97. The van der Waals surface area contributed by atoms with E-state index in [-0.39, 0.29) is 10.7 Å². The number of carbonyl (C=O) groups is 3. The minimum Gasteiger partial charge on any atom is -0.423 e. The number of benzene rings is 3. The van der Waals surface area contributed by atoms with E-state index in [1.807, 2.05) is 26.0 Å². The second kappa shape index (κ2) is 9.33. The minimum atomic E-state index is -0.631. The van der Waals surface area contributed by atoms with Crippen LogP contribution >= 0.6 is 23.2 Å². The van der Waals surface area contributed by atoms with Crippen LogP contribution in [0.25, 0.3) is 0 Å². The van der Waals surface area contributed by atoms with Gasteiger partial charge < -0.3 is 10.1 Å². The zero-order valence-corrected chi connectivity index (χ0v) is 20.1. The third kappa shape index (κ3) is 4.42. The molecule has 34 heavy (non-hydrogen) atoms. The van der Waals surface area contributed by atoms with E-state index in [0.717, 1.165) is 16.0 Å². The topological polar surface area (TPSA) is 75.7 Å². The lowest BCUT2D eigenvalue weighted by atomic mass is 10.1. The molecular formula is C26H20Cl2N2O4. The van der Waals surface area contributed by atoms with E-state index in [0.29, 0.717) is 33.3 Å². The minimum absolute atomic E-state index is 0.0493. The number of nitrogens with zero attached hydrogens (tertiary/aromatic N) is 1. The molecule has 0 aromatic heterocycles. The lowest BCUT2D eigenvalue weighted by Crippen LogP contribution is -2.32. The van der Waals surface area contributed by atoms with Crippen molar-refractivity contribution in [3.63, 3.8) is 0 Å². The van der Waals surface area contributed by atoms with E-state index >= 15 is 0 Å². The Morgan fingerprint density at radius 1 is 0.882 bits per heavy atom. The zero-order valence-electron chi connectivity index (χ0n) is 18.6. The maximum atomic E-state index is 13.0. The van der Waals surface area contributed by atoms with Crippen LogP contribution in [-0.2, 0) is 9.59 Å². The summed E-state index contributed by atoms with van der Waals surface area (Å²) in [6.45, 7) is 5.58. The molecule has 6 nitrogen and oxygen atoms in total. The number of hydrogen-bond donors (Lipinski definition) is 1. The number of hydrogen-bond acceptors (Lipinski definition) is 5. The Labute approximate surface area is 206 Å². The smallest absolute Gasteiger partial charge is 0.343 e. The van der Waals surface area contributed by atoms with Crippen LogP contribution in [0.4, 0.5) is 11.4 Å². The van der Waals surface area contributed by atoms with Crippen LogP contribution in [0, 0.1) is 20.8 Å². The van der Waals surface area contributed by atoms with Crippen LogP contribution in [0.3, 0.4) is 0 Å². The van der Waals surface area contributed by atoms with E-state index in [1.54, 1.807) is 55.5 Å². The van der Waals surface area contributed by atoms with Crippen LogP contribution in [0.1, 0.15) is 27.0 Å². The highest BCUT2D eigenvalue weighted by atomic mass is 35.5. The predicted molar refractivity (Wildman–Crippen MR) is 133 cm³/mol. The molecule has 1 N–H and O–H groups in total. The number of imide groups is 1. The van der Waals surface area contributed by atoms with Crippen LogP contribution in [0.2, 0.25) is 5.02 Å². The van der Waals surface area contributed by atoms with Crippen LogP contribution < -0.4 is 15.0 Å². The molecule has 1 aliphatic rings. The van der Waals surface area contributed by atoms with Crippen LogP contribution in [-0.4, -0.2) is 17.8 Å². The summed E-state index contributed by atoms with van der Waals surface area (Å²) < 4.78 is 5.51. The van der Waals surface area contributed by atoms with Crippen molar-refractivity contribution in [1.82, 2.24) is 0 Å². The third-order valence-corrected chi connectivity index (χ3v) is 6.16. The molecule has 172 valence electrons. The van der Waals surface area contributed by atoms with Gasteiger partial charge in [0.05, 0.1) is 11.3 Å². The normalized spacial score (nSPS) is 13.5. The largest absolute Gasteiger partial charge is 0.423 e. The molecule has 0 aliphatic carbocycles. The van der Waals surface area contributed by atoms with E-state index < -0.39 is 17.8 Å². The van der Waals surface area contributed by atoms with Gasteiger partial charge in [0.2, 0.25) is 0 Å². The van der Waals surface area contributed by atoms with Crippen molar-refractivity contribution in [1.29, 1.82) is 0 Å². The predicted octanol–water partition coefficient (Wildman–Crippen LogP) is 5.92. The second-order valence-electron chi connectivity index (χ2n) is 7.86. The van der Waals surface area contributed by atoms with Gasteiger partial charge in [0.15, 0.2) is 0 Å². The monoisotopic (exact) mass is 494 g/mol. The van der Waals surface area contributed by atoms with Crippen LogP contribution in [0.15, 0.2) is 71.4 Å². The highest BCUT2D eigenvalue weighted by Gasteiger charge is 2.39. The number of halogens is 2. The van der Waals surface area contributed by atoms with Crippen molar-refractivity contribution in [3.8, 4) is 5.75 Å². The first-order valence-corrected chi connectivity index (χ1v) is 11.1. The molecule has 3 aromatic rings. The fraction of sp³-hybridized carbons (Fsp3) is 0.115. The fourth-order valence-electron chi connectivity index (χ4n) is 3.53. The Balaban J connectivity index is 1.50. The van der Waals surface area contributed by atoms with Gasteiger partial charge in [-0.05, 0) is 86.0 Å². The number of ether oxygens (including phenoxy) is 1. The van der Waals surface area contributed by atoms with Crippen molar-refractivity contribution in [2.24, 2.45) is 0 Å². The molecule has 0 saturated heterocycles. The Morgan fingerprint density at radius 3 is 2.26 bits per heavy atom. The van der Waals surface area contributed by atoms with Gasteiger partial charge in [-0.1, -0.05) is 35.3 Å². The van der Waals surface area contributed by atoms with Gasteiger partial charge in [0, 0.05) is 10.7 Å². The summed E-state index contributed by atoms with van der Waals surface area (Å²) in [6, 6.07) is 16.7. The molecule has 0 atom stereocenters. The summed E-state index contributed by atoms with van der Waals surface area (Å²) in [7, 11) is 0. The summed E-state index contributed by atoms with van der Waals surface area (Å²) >= 11 is 12.2. The molecule has 1 aliphatic heterocycles. The standard InChI is InChI=1S/C26H20Cl2N2O4/c1-14-5-4-6-21(16(14)3)34-26(33)17-7-10-19(11-8-17)29-23-22(28)24(31)30(25(23)32)20-12-9-18(27)13-15(20)2/h4-13,29H,1-3H3. The molecule has 0 radical (unpaired) electrons. The van der Waals surface area contributed by atoms with Crippen molar-refractivity contribution in [3.05, 3.63) is 98.7 Å². The first-order valence-electron chi connectivity index (χ1n) is 10.4. The van der Waals surface area contributed by atoms with E-state index in [2.05, 4.69) is 5.32 Å². The maximum absolute atomic E-state index is 13.0. The number of amides is 2. The summed E-state index contributed by atoms with van der Waals surface area (Å²) in [5.41, 5.74) is 3.73. The van der Waals surface area contributed by atoms with Gasteiger partial charge in [0.25, 0.3) is 11.8 Å². The molecule has 3 aromatic carbocycles. The van der Waals surface area contributed by atoms with Gasteiger partial charge in [-0.3, -0.25) is 9.59 Å². The maximum Gasteiger partial charge on any atom is 0.343 e. The molecule has 0 fully saturated rings. The van der Waals surface area contributed by atoms with Gasteiger partial charge in [-0.25, -0.2) is 9.69 Å². The summed E-state index contributed by atoms with van der Waals surface area (Å²) in [6.07, 6.45) is 0. The quantitative estimate of drug-likeness (QED) is 0.270. The molecular weight excluding hydrogens is 475 g/mol. The lowest BCUT2D eigenvalue weighted by Gasteiger charge is -2.17. The Hall–Kier alpha value is -3.61. The van der Waals surface area contributed by atoms with Crippen LogP contribution in [0.5, 0.6) is 5.75 Å². The van der Waals surface area contributed by atoms with Gasteiger partial charge >= 0.3 is 5.97 Å². The number of rotatable bonds is 5. The Kier molecular flexibility index (Phi) is 6.46. The molecule has 0 saturated carbocycles.